The standard InChI is InChI=1S/C23H23N5O4/c1-23(2,3)18-11-19(28-32-18)27-21(30)12-20(29)25-14-6-7-15-16(9-13-5-4-8-24-13)22(31)26-17(15)10-14/h4-11,24H,12H2,1-3H3,(H,25,29)(H,26,31)(H,27,28,30)/b16-9-. The molecule has 0 fully saturated rings. The van der Waals surface area contributed by atoms with Gasteiger partial charge in [-0.15, -0.1) is 0 Å². The van der Waals surface area contributed by atoms with Crippen molar-refractivity contribution >= 4 is 46.6 Å². The van der Waals surface area contributed by atoms with Gasteiger partial charge in [0.2, 0.25) is 11.8 Å². The van der Waals surface area contributed by atoms with Crippen molar-refractivity contribution in [3.8, 4) is 0 Å². The van der Waals surface area contributed by atoms with Crippen LogP contribution in [0, 0.1) is 0 Å². The molecule has 3 aromatic rings. The van der Waals surface area contributed by atoms with E-state index >= 15 is 0 Å². The Labute approximate surface area is 184 Å². The minimum atomic E-state index is -0.512. The van der Waals surface area contributed by atoms with Crippen LogP contribution in [0.15, 0.2) is 47.1 Å². The Kier molecular flexibility index (Phi) is 5.40. The monoisotopic (exact) mass is 433 g/mol. The van der Waals surface area contributed by atoms with E-state index in [0.717, 1.165) is 11.3 Å². The second-order valence-corrected chi connectivity index (χ2v) is 8.50. The van der Waals surface area contributed by atoms with Gasteiger partial charge >= 0.3 is 0 Å². The first kappa shape index (κ1) is 21.1. The highest BCUT2D eigenvalue weighted by molar-refractivity contribution is 6.35. The lowest BCUT2D eigenvalue weighted by atomic mass is 9.93. The lowest BCUT2D eigenvalue weighted by molar-refractivity contribution is -0.123. The molecule has 2 aromatic heterocycles. The third-order valence-electron chi connectivity index (χ3n) is 4.85. The largest absolute Gasteiger partial charge is 0.362 e. The molecule has 0 bridgehead atoms. The van der Waals surface area contributed by atoms with Crippen molar-refractivity contribution in [1.82, 2.24) is 10.1 Å². The topological polar surface area (TPSA) is 129 Å². The Morgan fingerprint density at radius 1 is 1.12 bits per heavy atom. The second-order valence-electron chi connectivity index (χ2n) is 8.50. The average molecular weight is 433 g/mol. The number of H-pyrrole nitrogens is 1. The summed E-state index contributed by atoms with van der Waals surface area (Å²) in [5, 5.41) is 11.8. The number of hydrogen-bond donors (Lipinski definition) is 4. The molecule has 1 aromatic carbocycles. The molecule has 1 aliphatic rings. The third-order valence-corrected chi connectivity index (χ3v) is 4.85. The van der Waals surface area contributed by atoms with E-state index in [2.05, 4.69) is 26.1 Å². The molecule has 3 heterocycles. The molecule has 0 radical (unpaired) electrons. The first-order valence-electron chi connectivity index (χ1n) is 10.1. The van der Waals surface area contributed by atoms with Gasteiger partial charge in [-0.05, 0) is 30.3 Å². The van der Waals surface area contributed by atoms with Crippen molar-refractivity contribution in [3.05, 3.63) is 59.6 Å². The summed E-state index contributed by atoms with van der Waals surface area (Å²) >= 11 is 0. The lowest BCUT2D eigenvalue weighted by Crippen LogP contribution is -2.21. The first-order valence-corrected chi connectivity index (χ1v) is 10.1. The molecule has 9 nitrogen and oxygen atoms in total. The van der Waals surface area contributed by atoms with Crippen LogP contribution in [0.3, 0.4) is 0 Å². The summed E-state index contributed by atoms with van der Waals surface area (Å²) in [6, 6.07) is 10.4. The molecule has 164 valence electrons. The van der Waals surface area contributed by atoms with Gasteiger partial charge in [0.1, 0.15) is 12.2 Å². The molecular weight excluding hydrogens is 410 g/mol. The van der Waals surface area contributed by atoms with Crippen LogP contribution in [-0.2, 0) is 19.8 Å². The number of carbonyl (C=O) groups is 3. The summed E-state index contributed by atoms with van der Waals surface area (Å²) in [5.74, 6) is -0.341. The molecule has 9 heteroatoms. The second kappa shape index (κ2) is 8.18. The van der Waals surface area contributed by atoms with Gasteiger partial charge in [-0.2, -0.15) is 0 Å². The van der Waals surface area contributed by atoms with Crippen molar-refractivity contribution in [2.24, 2.45) is 0 Å². The number of hydrogen-bond acceptors (Lipinski definition) is 5. The Balaban J connectivity index is 1.38. The van der Waals surface area contributed by atoms with Crippen LogP contribution < -0.4 is 16.0 Å². The van der Waals surface area contributed by atoms with E-state index in [1.54, 1.807) is 36.5 Å². The normalized spacial score (nSPS) is 14.2. The van der Waals surface area contributed by atoms with Crippen LogP contribution >= 0.6 is 0 Å². The SMILES string of the molecule is CC(C)(C)c1cc(NC(=O)CC(=O)Nc2ccc3c(c2)NC(=O)/C3=C\c2ccc[nH]2)no1. The predicted molar refractivity (Wildman–Crippen MR) is 121 cm³/mol. The van der Waals surface area contributed by atoms with Crippen molar-refractivity contribution in [3.63, 3.8) is 0 Å². The third kappa shape index (κ3) is 4.61. The summed E-state index contributed by atoms with van der Waals surface area (Å²) in [4.78, 5) is 39.8. The van der Waals surface area contributed by atoms with Crippen LogP contribution in [0.5, 0.6) is 0 Å². The number of nitrogens with zero attached hydrogens (tertiary/aromatic N) is 1. The molecule has 0 aliphatic carbocycles. The molecular formula is C23H23N5O4. The smallest absolute Gasteiger partial charge is 0.256 e. The van der Waals surface area contributed by atoms with Crippen LogP contribution in [0.4, 0.5) is 17.2 Å². The van der Waals surface area contributed by atoms with Gasteiger partial charge < -0.3 is 25.5 Å². The summed E-state index contributed by atoms with van der Waals surface area (Å²) in [6.07, 6.45) is 3.15. The van der Waals surface area contributed by atoms with Crippen LogP contribution in [0.25, 0.3) is 11.6 Å². The average Bonchev–Trinajstić information content (AvgIpc) is 3.43. The molecule has 0 saturated heterocycles. The van der Waals surface area contributed by atoms with E-state index in [9.17, 15) is 14.4 Å². The highest BCUT2D eigenvalue weighted by atomic mass is 16.5. The highest BCUT2D eigenvalue weighted by Gasteiger charge is 2.25. The Morgan fingerprint density at radius 3 is 2.59 bits per heavy atom. The maximum atomic E-state index is 12.3. The summed E-state index contributed by atoms with van der Waals surface area (Å²) in [6.45, 7) is 5.89. The Hall–Kier alpha value is -4.14. The minimum Gasteiger partial charge on any atom is -0.362 e. The fourth-order valence-corrected chi connectivity index (χ4v) is 3.23. The minimum absolute atomic E-state index is 0.223. The van der Waals surface area contributed by atoms with Gasteiger partial charge in [-0.25, -0.2) is 0 Å². The van der Waals surface area contributed by atoms with E-state index in [1.165, 1.54) is 0 Å². The van der Waals surface area contributed by atoms with Gasteiger partial charge in [0.15, 0.2) is 5.82 Å². The first-order chi connectivity index (χ1) is 15.2. The predicted octanol–water partition coefficient (Wildman–Crippen LogP) is 3.76. The van der Waals surface area contributed by atoms with Crippen molar-refractivity contribution < 1.29 is 18.9 Å². The lowest BCUT2D eigenvalue weighted by Gasteiger charge is -2.12. The van der Waals surface area contributed by atoms with E-state index in [0.29, 0.717) is 22.7 Å². The molecule has 0 saturated carbocycles. The Bertz CT molecular complexity index is 1220. The number of anilines is 3. The maximum absolute atomic E-state index is 12.3. The molecule has 4 N–H and O–H groups in total. The highest BCUT2D eigenvalue weighted by Crippen LogP contribution is 2.35. The zero-order valence-corrected chi connectivity index (χ0v) is 17.9. The van der Waals surface area contributed by atoms with Gasteiger partial charge in [-0.3, -0.25) is 14.4 Å². The van der Waals surface area contributed by atoms with E-state index < -0.39 is 11.8 Å². The van der Waals surface area contributed by atoms with Crippen molar-refractivity contribution in [2.45, 2.75) is 32.6 Å². The molecule has 32 heavy (non-hydrogen) atoms. The van der Waals surface area contributed by atoms with Gasteiger partial charge in [0.25, 0.3) is 5.91 Å². The van der Waals surface area contributed by atoms with Crippen LogP contribution in [0.2, 0.25) is 0 Å². The fraction of sp³-hybridized carbons (Fsp3) is 0.217. The van der Waals surface area contributed by atoms with Gasteiger partial charge in [-0.1, -0.05) is 32.0 Å². The molecule has 0 unspecified atom stereocenters. The maximum Gasteiger partial charge on any atom is 0.256 e. The Morgan fingerprint density at radius 2 is 1.91 bits per heavy atom. The number of aromatic nitrogens is 2. The van der Waals surface area contributed by atoms with Crippen LogP contribution in [-0.4, -0.2) is 27.9 Å². The number of amides is 3. The summed E-state index contributed by atoms with van der Waals surface area (Å²) < 4.78 is 5.22. The molecule has 4 rings (SSSR count). The molecule has 1 aliphatic heterocycles. The number of rotatable bonds is 5. The number of aromatic amines is 1. The quantitative estimate of drug-likeness (QED) is 0.360. The van der Waals surface area contributed by atoms with E-state index in [1.807, 2.05) is 32.9 Å². The zero-order valence-electron chi connectivity index (χ0n) is 17.9. The molecule has 0 atom stereocenters. The van der Waals surface area contributed by atoms with Crippen LogP contribution in [0.1, 0.15) is 44.2 Å². The zero-order chi connectivity index (χ0) is 22.9. The number of benzene rings is 1. The summed E-state index contributed by atoms with van der Waals surface area (Å²) in [7, 11) is 0. The van der Waals surface area contributed by atoms with E-state index in [-0.39, 0.29) is 23.6 Å². The fourth-order valence-electron chi connectivity index (χ4n) is 3.23. The van der Waals surface area contributed by atoms with Gasteiger partial charge in [0.05, 0.1) is 11.3 Å². The number of nitrogens with one attached hydrogen (secondary N) is 4. The summed E-state index contributed by atoms with van der Waals surface area (Å²) in [5.41, 5.74) is 2.90. The number of carbonyl (C=O) groups excluding carboxylic acids is 3. The van der Waals surface area contributed by atoms with Gasteiger partial charge in [0, 0.05) is 34.6 Å². The number of fused-ring (bicyclic) bond motifs is 1. The van der Waals surface area contributed by atoms with E-state index in [4.69, 9.17) is 4.52 Å². The molecule has 0 spiro atoms. The molecule has 3 amide bonds. The van der Waals surface area contributed by atoms with Crippen molar-refractivity contribution in [1.29, 1.82) is 0 Å². The van der Waals surface area contributed by atoms with Crippen molar-refractivity contribution in [2.75, 3.05) is 16.0 Å².